The van der Waals surface area contributed by atoms with E-state index in [1.54, 1.807) is 24.3 Å². The predicted octanol–water partition coefficient (Wildman–Crippen LogP) is 5.04. The number of benzene rings is 3. The highest BCUT2D eigenvalue weighted by atomic mass is 16.3. The molecule has 5 rings (SSSR count). The number of nitrogens with zero attached hydrogens (tertiary/aromatic N) is 3. The fourth-order valence-corrected chi connectivity index (χ4v) is 4.63. The Kier molecular flexibility index (Phi) is 5.82. The van der Waals surface area contributed by atoms with Gasteiger partial charge in [0.05, 0.1) is 22.6 Å². The Morgan fingerprint density at radius 2 is 1.60 bits per heavy atom. The fourth-order valence-electron chi connectivity index (χ4n) is 4.63. The lowest BCUT2D eigenvalue weighted by molar-refractivity contribution is -0.132. The molecule has 0 bridgehead atoms. The first kappa shape index (κ1) is 22.4. The lowest BCUT2D eigenvalue weighted by Gasteiger charge is -2.25. The number of hydrogen-bond donors (Lipinski definition) is 2. The predicted molar refractivity (Wildman–Crippen MR) is 137 cm³/mol. The number of rotatable bonds is 6. The molecule has 1 aliphatic rings. The van der Waals surface area contributed by atoms with Crippen molar-refractivity contribution < 1.29 is 14.7 Å². The Hall–Kier alpha value is -4.39. The minimum atomic E-state index is -0.832. The lowest BCUT2D eigenvalue weighted by Crippen LogP contribution is -2.30. The molecule has 7 heteroatoms. The Balaban J connectivity index is 1.69. The average molecular weight is 467 g/mol. The first-order chi connectivity index (χ1) is 17.0. The molecule has 1 atom stereocenters. The van der Waals surface area contributed by atoms with Crippen molar-refractivity contribution >= 4 is 40.1 Å². The molecule has 176 valence electrons. The summed E-state index contributed by atoms with van der Waals surface area (Å²) in [4.78, 5) is 38.0. The van der Waals surface area contributed by atoms with Crippen molar-refractivity contribution in [3.8, 4) is 0 Å². The van der Waals surface area contributed by atoms with Gasteiger partial charge in [0.2, 0.25) is 5.95 Å². The molecule has 2 heterocycles. The zero-order chi connectivity index (χ0) is 24.5. The highest BCUT2D eigenvalue weighted by molar-refractivity contribution is 6.51. The summed E-state index contributed by atoms with van der Waals surface area (Å²) in [5.74, 6) is -1.43. The molecule has 0 radical (unpaired) electrons. The minimum absolute atomic E-state index is 0.0391. The van der Waals surface area contributed by atoms with Gasteiger partial charge < -0.3 is 15.0 Å². The molecular weight excluding hydrogens is 440 g/mol. The van der Waals surface area contributed by atoms with E-state index in [4.69, 9.17) is 0 Å². The normalized spacial score (nSPS) is 17.3. The Bertz CT molecular complexity index is 1390. The van der Waals surface area contributed by atoms with Crippen LogP contribution in [0.25, 0.3) is 16.8 Å². The number of fused-ring (bicyclic) bond motifs is 1. The van der Waals surface area contributed by atoms with Crippen molar-refractivity contribution in [3.05, 3.63) is 95.6 Å². The molecule has 2 N–H and O–H groups in total. The number of H-pyrrole nitrogens is 1. The van der Waals surface area contributed by atoms with Gasteiger partial charge in [0, 0.05) is 24.3 Å². The Labute approximate surface area is 203 Å². The molecule has 1 fully saturated rings. The summed E-state index contributed by atoms with van der Waals surface area (Å²) in [5.41, 5.74) is 3.70. The summed E-state index contributed by atoms with van der Waals surface area (Å²) >= 11 is 0. The highest BCUT2D eigenvalue weighted by Gasteiger charge is 2.48. The van der Waals surface area contributed by atoms with Crippen molar-refractivity contribution in [2.45, 2.75) is 19.9 Å². The van der Waals surface area contributed by atoms with Crippen molar-refractivity contribution in [2.24, 2.45) is 0 Å². The maximum atomic E-state index is 13.3. The topological polar surface area (TPSA) is 89.5 Å². The number of imidazole rings is 1. The molecule has 0 spiro atoms. The second-order valence-electron chi connectivity index (χ2n) is 8.38. The number of carbonyl (C=O) groups is 2. The third-order valence-corrected chi connectivity index (χ3v) is 6.43. The van der Waals surface area contributed by atoms with Crippen LogP contribution in [0.1, 0.15) is 31.0 Å². The second kappa shape index (κ2) is 9.10. The van der Waals surface area contributed by atoms with Gasteiger partial charge in [-0.25, -0.2) is 4.98 Å². The molecule has 7 nitrogen and oxygen atoms in total. The molecule has 1 amide bonds. The van der Waals surface area contributed by atoms with Crippen molar-refractivity contribution in [1.29, 1.82) is 0 Å². The molecule has 35 heavy (non-hydrogen) atoms. The molecule has 1 saturated heterocycles. The third-order valence-electron chi connectivity index (χ3n) is 6.43. The largest absolute Gasteiger partial charge is 0.507 e. The third kappa shape index (κ3) is 3.85. The summed E-state index contributed by atoms with van der Waals surface area (Å²) in [6, 6.07) is 23.2. The zero-order valence-corrected chi connectivity index (χ0v) is 19.6. The number of ketones is 1. The van der Waals surface area contributed by atoms with Crippen LogP contribution in [-0.2, 0) is 9.59 Å². The fraction of sp³-hybridized carbons (Fsp3) is 0.179. The van der Waals surface area contributed by atoms with Crippen LogP contribution < -0.4 is 9.80 Å². The van der Waals surface area contributed by atoms with Crippen LogP contribution in [0.4, 0.5) is 11.6 Å². The molecule has 1 aliphatic heterocycles. The van der Waals surface area contributed by atoms with Gasteiger partial charge in [0.15, 0.2) is 0 Å². The van der Waals surface area contributed by atoms with E-state index in [1.165, 1.54) is 4.90 Å². The van der Waals surface area contributed by atoms with Crippen LogP contribution in [-0.4, -0.2) is 39.9 Å². The van der Waals surface area contributed by atoms with Crippen LogP contribution in [0, 0.1) is 0 Å². The number of Topliss-reactive ketones (excluding diaryl/α,β-unsaturated/α-hetero) is 1. The average Bonchev–Trinajstić information content (AvgIpc) is 3.43. The number of anilines is 2. The quantitative estimate of drug-likeness (QED) is 0.236. The summed E-state index contributed by atoms with van der Waals surface area (Å²) < 4.78 is 0. The lowest BCUT2D eigenvalue weighted by atomic mass is 9.95. The monoisotopic (exact) mass is 466 g/mol. The van der Waals surface area contributed by atoms with E-state index in [2.05, 4.69) is 28.7 Å². The van der Waals surface area contributed by atoms with E-state index >= 15 is 0 Å². The van der Waals surface area contributed by atoms with Crippen molar-refractivity contribution in [2.75, 3.05) is 22.9 Å². The van der Waals surface area contributed by atoms with Gasteiger partial charge in [-0.3, -0.25) is 14.5 Å². The Morgan fingerprint density at radius 3 is 2.26 bits per heavy atom. The summed E-state index contributed by atoms with van der Waals surface area (Å²) in [5, 5.41) is 11.2. The van der Waals surface area contributed by atoms with Crippen LogP contribution >= 0.6 is 0 Å². The van der Waals surface area contributed by atoms with Gasteiger partial charge in [-0.05, 0) is 43.7 Å². The van der Waals surface area contributed by atoms with E-state index in [0.29, 0.717) is 16.6 Å². The number of nitrogens with one attached hydrogen (secondary N) is 1. The maximum Gasteiger partial charge on any atom is 0.302 e. The number of hydrogen-bond acceptors (Lipinski definition) is 5. The van der Waals surface area contributed by atoms with E-state index in [1.807, 2.05) is 54.6 Å². The van der Waals surface area contributed by atoms with Crippen LogP contribution in [0.5, 0.6) is 0 Å². The van der Waals surface area contributed by atoms with Crippen LogP contribution in [0.2, 0.25) is 0 Å². The molecule has 0 saturated carbocycles. The van der Waals surface area contributed by atoms with Gasteiger partial charge >= 0.3 is 5.91 Å². The van der Waals surface area contributed by atoms with E-state index < -0.39 is 17.7 Å². The van der Waals surface area contributed by atoms with Gasteiger partial charge in [0.25, 0.3) is 5.78 Å². The minimum Gasteiger partial charge on any atom is -0.507 e. The number of para-hydroxylation sites is 2. The standard InChI is InChI=1S/C28H26N4O3/c1-3-31(4-2)20-16-14-18(15-17-20)24-23(25(33)19-10-6-5-7-11-19)26(34)27(35)32(24)28-29-21-12-8-9-13-22(21)30-28/h5-17,24,33H,3-4H2,1-2H3,(H,29,30)/b25-23+. The number of amides is 1. The van der Waals surface area contributed by atoms with E-state index in [9.17, 15) is 14.7 Å². The smallest absolute Gasteiger partial charge is 0.302 e. The van der Waals surface area contributed by atoms with Gasteiger partial charge in [-0.2, -0.15) is 0 Å². The molecule has 0 aliphatic carbocycles. The summed E-state index contributed by atoms with van der Waals surface area (Å²) in [6.07, 6.45) is 0. The van der Waals surface area contributed by atoms with Crippen LogP contribution in [0.15, 0.2) is 84.4 Å². The first-order valence-corrected chi connectivity index (χ1v) is 11.7. The number of aliphatic hydroxyl groups is 1. The Morgan fingerprint density at radius 1 is 0.943 bits per heavy atom. The number of aliphatic hydroxyl groups excluding tert-OH is 1. The van der Waals surface area contributed by atoms with E-state index in [-0.39, 0.29) is 17.3 Å². The van der Waals surface area contributed by atoms with Gasteiger partial charge in [0.1, 0.15) is 5.76 Å². The van der Waals surface area contributed by atoms with E-state index in [0.717, 1.165) is 24.3 Å². The molecule has 1 aromatic heterocycles. The van der Waals surface area contributed by atoms with Crippen molar-refractivity contribution in [3.63, 3.8) is 0 Å². The molecule has 3 aromatic carbocycles. The zero-order valence-electron chi connectivity index (χ0n) is 19.6. The molecular formula is C28H26N4O3. The van der Waals surface area contributed by atoms with Gasteiger partial charge in [-0.15, -0.1) is 0 Å². The second-order valence-corrected chi connectivity index (χ2v) is 8.38. The van der Waals surface area contributed by atoms with Gasteiger partial charge in [-0.1, -0.05) is 54.6 Å². The number of carbonyl (C=O) groups excluding carboxylic acids is 2. The summed E-state index contributed by atoms with van der Waals surface area (Å²) in [7, 11) is 0. The maximum absolute atomic E-state index is 13.3. The first-order valence-electron chi connectivity index (χ1n) is 11.7. The number of aromatic nitrogens is 2. The molecule has 1 unspecified atom stereocenters. The SMILES string of the molecule is CCN(CC)c1ccc(C2/C(=C(\O)c3ccccc3)C(=O)C(=O)N2c2nc3ccccc3[nH]2)cc1. The van der Waals surface area contributed by atoms with Crippen LogP contribution in [0.3, 0.4) is 0 Å². The highest BCUT2D eigenvalue weighted by Crippen LogP contribution is 2.42. The summed E-state index contributed by atoms with van der Waals surface area (Å²) in [6.45, 7) is 5.91. The number of aromatic amines is 1. The van der Waals surface area contributed by atoms with Crippen molar-refractivity contribution in [1.82, 2.24) is 9.97 Å². The molecule has 4 aromatic rings.